The van der Waals surface area contributed by atoms with Gasteiger partial charge in [0.15, 0.2) is 5.69 Å². The van der Waals surface area contributed by atoms with E-state index in [1.54, 1.807) is 11.9 Å². The van der Waals surface area contributed by atoms with Crippen molar-refractivity contribution in [3.05, 3.63) is 76.6 Å². The Morgan fingerprint density at radius 1 is 1.10 bits per heavy atom. The van der Waals surface area contributed by atoms with Crippen LogP contribution in [0.15, 0.2) is 48.5 Å². The lowest BCUT2D eigenvalue weighted by atomic mass is 9.98. The second-order valence-electron chi connectivity index (χ2n) is 7.68. The van der Waals surface area contributed by atoms with Crippen LogP contribution in [0.4, 0.5) is 4.79 Å². The molecule has 0 spiro atoms. The number of carboxylic acids is 1. The average Bonchev–Trinajstić information content (AvgIpc) is 3.25. The van der Waals surface area contributed by atoms with Gasteiger partial charge >= 0.3 is 12.1 Å². The highest BCUT2D eigenvalue weighted by atomic mass is 16.6. The van der Waals surface area contributed by atoms with E-state index in [1.807, 2.05) is 24.3 Å². The highest BCUT2D eigenvalue weighted by Gasteiger charge is 2.32. The number of aryl methyl sites for hydroxylation is 1. The minimum Gasteiger partial charge on any atom is -0.477 e. The fourth-order valence-electron chi connectivity index (χ4n) is 4.61. The van der Waals surface area contributed by atoms with E-state index in [0.29, 0.717) is 18.5 Å². The first-order chi connectivity index (χ1) is 14.5. The van der Waals surface area contributed by atoms with Crippen molar-refractivity contribution in [2.24, 2.45) is 7.05 Å². The number of ether oxygens (including phenoxy) is 1. The van der Waals surface area contributed by atoms with Crippen molar-refractivity contribution >= 4 is 12.1 Å². The molecule has 152 valence electrons. The summed E-state index contributed by atoms with van der Waals surface area (Å²) in [5, 5.41) is 13.8. The van der Waals surface area contributed by atoms with Gasteiger partial charge in [-0.3, -0.25) is 4.68 Å². The molecule has 0 bridgehead atoms. The standard InChI is InChI=1S/C23H21N3O4/c1-25-21(22(27)28)18-12-26(11-10-20(18)24-25)23(29)30-13-19-16-8-4-2-6-14(16)15-7-3-5-9-17(15)19/h2-9,19H,10-13H2,1H3,(H,27,28). The molecule has 30 heavy (non-hydrogen) atoms. The maximum atomic E-state index is 12.8. The molecule has 1 N–H and O–H groups in total. The molecule has 1 aliphatic heterocycles. The molecule has 5 rings (SSSR count). The summed E-state index contributed by atoms with van der Waals surface area (Å²) in [6.07, 6.45) is 0.0865. The van der Waals surface area contributed by atoms with Crippen LogP contribution in [0, 0.1) is 0 Å². The molecule has 0 fully saturated rings. The van der Waals surface area contributed by atoms with Gasteiger partial charge in [0.2, 0.25) is 0 Å². The molecule has 0 atom stereocenters. The topological polar surface area (TPSA) is 84.7 Å². The normalized spacial score (nSPS) is 14.8. The number of carbonyl (C=O) groups excluding carboxylic acids is 1. The highest BCUT2D eigenvalue weighted by molar-refractivity contribution is 5.88. The highest BCUT2D eigenvalue weighted by Crippen LogP contribution is 2.44. The maximum absolute atomic E-state index is 12.8. The van der Waals surface area contributed by atoms with E-state index >= 15 is 0 Å². The predicted octanol–water partition coefficient (Wildman–Crippen LogP) is 3.43. The summed E-state index contributed by atoms with van der Waals surface area (Å²) in [7, 11) is 1.61. The Balaban J connectivity index is 1.34. The molecule has 0 saturated carbocycles. The van der Waals surface area contributed by atoms with Crippen LogP contribution in [-0.2, 0) is 24.8 Å². The number of benzene rings is 2. The number of rotatable bonds is 3. The Bertz CT molecular complexity index is 1120. The molecule has 3 aromatic rings. The van der Waals surface area contributed by atoms with Crippen molar-refractivity contribution < 1.29 is 19.4 Å². The van der Waals surface area contributed by atoms with Gasteiger partial charge in [0, 0.05) is 31.5 Å². The van der Waals surface area contributed by atoms with Gasteiger partial charge in [0.05, 0.1) is 12.2 Å². The zero-order chi connectivity index (χ0) is 20.8. The number of aromatic carboxylic acids is 1. The van der Waals surface area contributed by atoms with Crippen molar-refractivity contribution in [1.29, 1.82) is 0 Å². The second kappa shape index (κ2) is 7.02. The lowest BCUT2D eigenvalue weighted by molar-refractivity contribution is 0.0678. The molecule has 1 aromatic heterocycles. The number of aromatic nitrogens is 2. The summed E-state index contributed by atoms with van der Waals surface area (Å²) < 4.78 is 7.08. The van der Waals surface area contributed by atoms with Gasteiger partial charge in [-0.15, -0.1) is 0 Å². The first-order valence-electron chi connectivity index (χ1n) is 9.92. The summed E-state index contributed by atoms with van der Waals surface area (Å²) in [5.41, 5.74) is 6.13. The zero-order valence-corrected chi connectivity index (χ0v) is 16.5. The lowest BCUT2D eigenvalue weighted by Gasteiger charge is -2.26. The molecule has 1 aliphatic carbocycles. The van der Waals surface area contributed by atoms with Gasteiger partial charge < -0.3 is 14.7 Å². The van der Waals surface area contributed by atoms with Crippen molar-refractivity contribution in [2.45, 2.75) is 18.9 Å². The van der Waals surface area contributed by atoms with Crippen LogP contribution in [0.25, 0.3) is 11.1 Å². The average molecular weight is 403 g/mol. The van der Waals surface area contributed by atoms with Crippen molar-refractivity contribution in [3.63, 3.8) is 0 Å². The number of hydrogen-bond donors (Lipinski definition) is 1. The van der Waals surface area contributed by atoms with Crippen molar-refractivity contribution in [3.8, 4) is 11.1 Å². The van der Waals surface area contributed by atoms with Crippen LogP contribution < -0.4 is 0 Å². The molecular formula is C23H21N3O4. The zero-order valence-electron chi connectivity index (χ0n) is 16.5. The number of carboxylic acid groups (broad SMARTS) is 1. The molecule has 1 amide bonds. The summed E-state index contributed by atoms with van der Waals surface area (Å²) in [4.78, 5) is 25.9. The fraction of sp³-hybridized carbons (Fsp3) is 0.261. The van der Waals surface area contributed by atoms with Crippen LogP contribution in [0.3, 0.4) is 0 Å². The molecule has 0 saturated heterocycles. The van der Waals surface area contributed by atoms with Crippen LogP contribution in [0.2, 0.25) is 0 Å². The summed E-state index contributed by atoms with van der Waals surface area (Å²) in [6.45, 7) is 0.899. The third-order valence-electron chi connectivity index (χ3n) is 5.99. The van der Waals surface area contributed by atoms with Crippen LogP contribution in [-0.4, -0.2) is 45.0 Å². The van der Waals surface area contributed by atoms with E-state index in [2.05, 4.69) is 29.4 Å². The summed E-state index contributed by atoms with van der Waals surface area (Å²) in [6, 6.07) is 16.4. The van der Waals surface area contributed by atoms with Gasteiger partial charge in [0.25, 0.3) is 0 Å². The third kappa shape index (κ3) is 2.85. The van der Waals surface area contributed by atoms with Gasteiger partial charge in [-0.1, -0.05) is 48.5 Å². The molecule has 2 heterocycles. The molecular weight excluding hydrogens is 382 g/mol. The lowest BCUT2D eigenvalue weighted by Crippen LogP contribution is -2.37. The number of carbonyl (C=O) groups is 2. The van der Waals surface area contributed by atoms with Gasteiger partial charge in [-0.05, 0) is 22.3 Å². The first kappa shape index (κ1) is 18.4. The van der Waals surface area contributed by atoms with Gasteiger partial charge in [-0.25, -0.2) is 9.59 Å². The van der Waals surface area contributed by atoms with Gasteiger partial charge in [-0.2, -0.15) is 5.10 Å². The second-order valence-corrected chi connectivity index (χ2v) is 7.68. The Morgan fingerprint density at radius 3 is 2.37 bits per heavy atom. The number of hydrogen-bond acceptors (Lipinski definition) is 4. The van der Waals surface area contributed by atoms with Crippen LogP contribution >= 0.6 is 0 Å². The summed E-state index contributed by atoms with van der Waals surface area (Å²) in [5.74, 6) is -1.05. The minimum absolute atomic E-state index is 0.00493. The molecule has 2 aliphatic rings. The van der Waals surface area contributed by atoms with Crippen LogP contribution in [0.1, 0.15) is 38.8 Å². The van der Waals surface area contributed by atoms with Crippen molar-refractivity contribution in [2.75, 3.05) is 13.2 Å². The van der Waals surface area contributed by atoms with Crippen LogP contribution in [0.5, 0.6) is 0 Å². The minimum atomic E-state index is -1.04. The van der Waals surface area contributed by atoms with E-state index in [1.165, 1.54) is 15.8 Å². The molecule has 2 aromatic carbocycles. The van der Waals surface area contributed by atoms with E-state index in [9.17, 15) is 14.7 Å². The monoisotopic (exact) mass is 403 g/mol. The fourth-order valence-corrected chi connectivity index (χ4v) is 4.61. The van der Waals surface area contributed by atoms with Crippen molar-refractivity contribution in [1.82, 2.24) is 14.7 Å². The SMILES string of the molecule is Cn1nc2c(c1C(=O)O)CN(C(=O)OCC1c3ccccc3-c3ccccc31)CC2. The van der Waals surface area contributed by atoms with E-state index in [4.69, 9.17) is 4.74 Å². The smallest absolute Gasteiger partial charge is 0.410 e. The molecule has 0 unspecified atom stereocenters. The molecule has 0 radical (unpaired) electrons. The Labute approximate surface area is 173 Å². The Morgan fingerprint density at radius 2 is 1.73 bits per heavy atom. The first-order valence-corrected chi connectivity index (χ1v) is 9.92. The molecule has 7 nitrogen and oxygen atoms in total. The number of nitrogens with zero attached hydrogens (tertiary/aromatic N) is 3. The predicted molar refractivity (Wildman–Crippen MR) is 109 cm³/mol. The molecule has 7 heteroatoms. The maximum Gasteiger partial charge on any atom is 0.410 e. The van der Waals surface area contributed by atoms with E-state index in [0.717, 1.165) is 16.8 Å². The van der Waals surface area contributed by atoms with E-state index in [-0.39, 0.29) is 24.8 Å². The third-order valence-corrected chi connectivity index (χ3v) is 5.99. The number of fused-ring (bicyclic) bond motifs is 4. The van der Waals surface area contributed by atoms with E-state index < -0.39 is 12.1 Å². The van der Waals surface area contributed by atoms with Gasteiger partial charge in [0.1, 0.15) is 6.61 Å². The summed E-state index contributed by atoms with van der Waals surface area (Å²) >= 11 is 0. The largest absolute Gasteiger partial charge is 0.477 e. The Hall–Kier alpha value is -3.61. The Kier molecular flexibility index (Phi) is 4.31. The quantitative estimate of drug-likeness (QED) is 0.724. The number of amides is 1.